The molecule has 5 nitrogen and oxygen atoms in total. The summed E-state index contributed by atoms with van der Waals surface area (Å²) >= 11 is 1.88. The van der Waals surface area contributed by atoms with Crippen molar-refractivity contribution in [3.05, 3.63) is 21.5 Å². The molecule has 1 aromatic carbocycles. The number of carbonyl (C=O) groups excluding carboxylic acids is 1. The summed E-state index contributed by atoms with van der Waals surface area (Å²) in [7, 11) is 0. The van der Waals surface area contributed by atoms with Gasteiger partial charge in [0.1, 0.15) is 11.9 Å². The van der Waals surface area contributed by atoms with Crippen LogP contribution in [0.5, 0.6) is 0 Å². The van der Waals surface area contributed by atoms with E-state index in [2.05, 4.69) is 5.32 Å². The summed E-state index contributed by atoms with van der Waals surface area (Å²) in [4.78, 5) is 14.0. The van der Waals surface area contributed by atoms with Crippen molar-refractivity contribution >= 4 is 39.9 Å². The van der Waals surface area contributed by atoms with Crippen LogP contribution < -0.4 is 11.1 Å². The van der Waals surface area contributed by atoms with E-state index in [1.807, 2.05) is 22.6 Å². The third-order valence-corrected chi connectivity index (χ3v) is 3.98. The maximum absolute atomic E-state index is 13.6. The topological polar surface area (TPSA) is 67.6 Å². The van der Waals surface area contributed by atoms with Gasteiger partial charge in [-0.1, -0.05) is 0 Å². The summed E-state index contributed by atoms with van der Waals surface area (Å²) in [6.45, 7) is 4.02. The molecule has 1 aromatic rings. The smallest absolute Gasteiger partial charge is 0.244 e. The van der Waals surface area contributed by atoms with Crippen molar-refractivity contribution in [1.29, 1.82) is 0 Å². The fourth-order valence-corrected chi connectivity index (χ4v) is 2.53. The summed E-state index contributed by atoms with van der Waals surface area (Å²) in [5, 5.41) is 2.97. The molecular weight excluding hydrogens is 376 g/mol. The van der Waals surface area contributed by atoms with E-state index in [-0.39, 0.29) is 11.7 Å². The molecule has 1 unspecified atom stereocenters. The van der Waals surface area contributed by atoms with Gasteiger partial charge >= 0.3 is 0 Å². The Morgan fingerprint density at radius 3 is 2.80 bits per heavy atom. The molecule has 1 fully saturated rings. The fraction of sp³-hybridized carbons (Fsp3) is 0.462. The van der Waals surface area contributed by atoms with Crippen molar-refractivity contribution in [3.63, 3.8) is 0 Å². The number of amides is 1. The summed E-state index contributed by atoms with van der Waals surface area (Å²) < 4.78 is 19.2. The van der Waals surface area contributed by atoms with Crippen LogP contribution in [-0.2, 0) is 9.53 Å². The van der Waals surface area contributed by atoms with Gasteiger partial charge in [-0.25, -0.2) is 4.39 Å². The SMILES string of the molecule is CC(Nc1cc(F)c(I)cc1N)C(=O)N1CCOCC1. The quantitative estimate of drug-likeness (QED) is 0.606. The zero-order valence-electron chi connectivity index (χ0n) is 11.2. The first-order valence-corrected chi connectivity index (χ1v) is 7.44. The first-order chi connectivity index (χ1) is 9.49. The Morgan fingerprint density at radius 1 is 1.50 bits per heavy atom. The van der Waals surface area contributed by atoms with E-state index in [9.17, 15) is 9.18 Å². The Hall–Kier alpha value is -1.09. The van der Waals surface area contributed by atoms with Gasteiger partial charge in [-0.15, -0.1) is 0 Å². The lowest BCUT2D eigenvalue weighted by atomic mass is 10.2. The molecule has 1 aliphatic rings. The van der Waals surface area contributed by atoms with Crippen LogP contribution in [0.4, 0.5) is 15.8 Å². The molecule has 1 amide bonds. The van der Waals surface area contributed by atoms with Gasteiger partial charge < -0.3 is 20.7 Å². The molecule has 0 radical (unpaired) electrons. The Balaban J connectivity index is 2.05. The molecule has 1 saturated heterocycles. The average Bonchev–Trinajstić information content (AvgIpc) is 2.44. The third kappa shape index (κ3) is 3.51. The van der Waals surface area contributed by atoms with E-state index in [4.69, 9.17) is 10.5 Å². The van der Waals surface area contributed by atoms with Crippen LogP contribution in [0.3, 0.4) is 0 Å². The standard InChI is InChI=1S/C13H17FIN3O2/c1-8(13(19)18-2-4-20-5-3-18)17-12-6-9(14)10(15)7-11(12)16/h6-8,17H,2-5,16H2,1H3. The Kier molecular flexibility index (Phi) is 5.03. The van der Waals surface area contributed by atoms with Crippen molar-refractivity contribution in [2.75, 3.05) is 37.4 Å². The minimum Gasteiger partial charge on any atom is -0.397 e. The minimum atomic E-state index is -0.463. The predicted octanol–water partition coefficient (Wildman–Crippen LogP) is 1.67. The van der Waals surface area contributed by atoms with Gasteiger partial charge in [0.2, 0.25) is 5.91 Å². The van der Waals surface area contributed by atoms with Gasteiger partial charge in [-0.3, -0.25) is 4.79 Å². The zero-order valence-corrected chi connectivity index (χ0v) is 13.3. The van der Waals surface area contributed by atoms with Crippen molar-refractivity contribution in [2.24, 2.45) is 0 Å². The number of anilines is 2. The summed E-state index contributed by atoms with van der Waals surface area (Å²) in [6, 6.07) is 2.40. The molecule has 20 heavy (non-hydrogen) atoms. The highest BCUT2D eigenvalue weighted by Gasteiger charge is 2.23. The second-order valence-electron chi connectivity index (χ2n) is 4.66. The average molecular weight is 393 g/mol. The molecule has 7 heteroatoms. The van der Waals surface area contributed by atoms with Gasteiger partial charge in [0.15, 0.2) is 0 Å². The number of hydrogen-bond donors (Lipinski definition) is 2. The highest BCUT2D eigenvalue weighted by molar-refractivity contribution is 14.1. The first-order valence-electron chi connectivity index (χ1n) is 6.36. The number of nitrogens with two attached hydrogens (primary N) is 1. The van der Waals surface area contributed by atoms with Crippen LogP contribution in [0.25, 0.3) is 0 Å². The van der Waals surface area contributed by atoms with E-state index in [0.717, 1.165) is 0 Å². The maximum atomic E-state index is 13.6. The molecule has 1 aliphatic heterocycles. The van der Waals surface area contributed by atoms with Gasteiger partial charge in [0.05, 0.1) is 28.2 Å². The summed E-state index contributed by atoms with van der Waals surface area (Å²) in [6.07, 6.45) is 0. The number of ether oxygens (including phenoxy) is 1. The van der Waals surface area contributed by atoms with Gasteiger partial charge in [-0.05, 0) is 35.6 Å². The number of nitrogen functional groups attached to an aromatic ring is 1. The lowest BCUT2D eigenvalue weighted by molar-refractivity contribution is -0.135. The molecule has 0 spiro atoms. The van der Waals surface area contributed by atoms with Crippen molar-refractivity contribution in [1.82, 2.24) is 4.90 Å². The minimum absolute atomic E-state index is 0.0355. The monoisotopic (exact) mass is 393 g/mol. The van der Waals surface area contributed by atoms with E-state index >= 15 is 0 Å². The zero-order chi connectivity index (χ0) is 14.7. The van der Waals surface area contributed by atoms with Crippen LogP contribution in [0.1, 0.15) is 6.92 Å². The Labute approximate surface area is 130 Å². The van der Waals surface area contributed by atoms with E-state index in [1.54, 1.807) is 17.9 Å². The Morgan fingerprint density at radius 2 is 2.15 bits per heavy atom. The number of nitrogens with zero attached hydrogens (tertiary/aromatic N) is 1. The number of nitrogens with one attached hydrogen (secondary N) is 1. The van der Waals surface area contributed by atoms with Gasteiger partial charge in [0.25, 0.3) is 0 Å². The van der Waals surface area contributed by atoms with Crippen molar-refractivity contribution < 1.29 is 13.9 Å². The lowest BCUT2D eigenvalue weighted by Gasteiger charge is -2.30. The van der Waals surface area contributed by atoms with Crippen LogP contribution in [0, 0.1) is 9.39 Å². The summed E-state index contributed by atoms with van der Waals surface area (Å²) in [5.41, 5.74) is 6.71. The largest absolute Gasteiger partial charge is 0.397 e. The van der Waals surface area contributed by atoms with Gasteiger partial charge in [-0.2, -0.15) is 0 Å². The fourth-order valence-electron chi connectivity index (χ4n) is 2.04. The summed E-state index contributed by atoms with van der Waals surface area (Å²) in [5.74, 6) is -0.389. The maximum Gasteiger partial charge on any atom is 0.244 e. The molecule has 1 atom stereocenters. The predicted molar refractivity (Wildman–Crippen MR) is 84.0 cm³/mol. The number of carbonyl (C=O) groups is 1. The third-order valence-electron chi connectivity index (χ3n) is 3.16. The molecule has 1 heterocycles. The highest BCUT2D eigenvalue weighted by atomic mass is 127. The number of morpholine rings is 1. The molecule has 0 saturated carbocycles. The number of hydrogen-bond acceptors (Lipinski definition) is 4. The second-order valence-corrected chi connectivity index (χ2v) is 5.82. The molecule has 3 N–H and O–H groups in total. The number of halogens is 2. The van der Waals surface area contributed by atoms with E-state index in [0.29, 0.717) is 41.2 Å². The van der Waals surface area contributed by atoms with Crippen LogP contribution in [0.2, 0.25) is 0 Å². The number of rotatable bonds is 3. The van der Waals surface area contributed by atoms with E-state index < -0.39 is 6.04 Å². The second kappa shape index (κ2) is 6.57. The molecule has 2 rings (SSSR count). The Bertz CT molecular complexity index is 507. The van der Waals surface area contributed by atoms with Crippen molar-refractivity contribution in [3.8, 4) is 0 Å². The number of benzene rings is 1. The lowest BCUT2D eigenvalue weighted by Crippen LogP contribution is -2.47. The van der Waals surface area contributed by atoms with Crippen LogP contribution >= 0.6 is 22.6 Å². The molecule has 0 aliphatic carbocycles. The molecular formula is C13H17FIN3O2. The normalized spacial score (nSPS) is 16.9. The molecule has 110 valence electrons. The van der Waals surface area contributed by atoms with Crippen molar-refractivity contribution in [2.45, 2.75) is 13.0 Å². The van der Waals surface area contributed by atoms with E-state index in [1.165, 1.54) is 6.07 Å². The highest BCUT2D eigenvalue weighted by Crippen LogP contribution is 2.24. The van der Waals surface area contributed by atoms with Gasteiger partial charge in [0, 0.05) is 19.2 Å². The molecule has 0 bridgehead atoms. The van der Waals surface area contributed by atoms with Crippen LogP contribution in [0.15, 0.2) is 12.1 Å². The molecule has 0 aromatic heterocycles. The first kappa shape index (κ1) is 15.3. The van der Waals surface area contributed by atoms with Crippen LogP contribution in [-0.4, -0.2) is 43.2 Å².